The van der Waals surface area contributed by atoms with Crippen LogP contribution in [0.5, 0.6) is 0 Å². The lowest BCUT2D eigenvalue weighted by Crippen LogP contribution is -2.36. The summed E-state index contributed by atoms with van der Waals surface area (Å²) < 4.78 is 1.76. The maximum atomic E-state index is 6.30. The number of aromatic nitrogens is 3. The van der Waals surface area contributed by atoms with Gasteiger partial charge in [-0.15, -0.1) is 0 Å². The summed E-state index contributed by atoms with van der Waals surface area (Å²) in [6.07, 6.45) is 2.08. The van der Waals surface area contributed by atoms with Gasteiger partial charge in [0.05, 0.1) is 5.69 Å². The van der Waals surface area contributed by atoms with Crippen molar-refractivity contribution in [3.05, 3.63) is 28.0 Å². The highest BCUT2D eigenvalue weighted by Gasteiger charge is 2.11. The fourth-order valence-corrected chi connectivity index (χ4v) is 2.35. The van der Waals surface area contributed by atoms with Gasteiger partial charge in [0, 0.05) is 30.1 Å². The number of nitrogens with one attached hydrogen (secondary N) is 1. The molecule has 0 atom stereocenters. The zero-order valence-electron chi connectivity index (χ0n) is 13.6. The number of halogens is 1. The average Bonchev–Trinajstić information content (AvgIpc) is 2.62. The molecule has 0 aliphatic heterocycles. The first-order valence-corrected chi connectivity index (χ1v) is 7.47. The van der Waals surface area contributed by atoms with Gasteiger partial charge in [-0.25, -0.2) is 4.98 Å². The monoisotopic (exact) mass is 306 g/mol. The van der Waals surface area contributed by atoms with E-state index in [1.807, 2.05) is 14.0 Å². The Bertz CT molecular complexity index is 692. The van der Waals surface area contributed by atoms with E-state index < -0.39 is 0 Å². The largest absolute Gasteiger partial charge is 0.308 e. The van der Waals surface area contributed by atoms with E-state index in [4.69, 9.17) is 11.6 Å². The third-order valence-electron chi connectivity index (χ3n) is 3.28. The quantitative estimate of drug-likeness (QED) is 0.879. The second-order valence-electron chi connectivity index (χ2n) is 6.54. The van der Waals surface area contributed by atoms with Gasteiger partial charge in [0.15, 0.2) is 5.65 Å². The van der Waals surface area contributed by atoms with Crippen molar-refractivity contribution in [3.63, 3.8) is 0 Å². The predicted octanol–water partition coefficient (Wildman–Crippen LogP) is 3.72. The molecule has 0 fully saturated rings. The molecule has 0 aliphatic carbocycles. The number of pyridine rings is 1. The van der Waals surface area contributed by atoms with Gasteiger partial charge in [-0.2, -0.15) is 5.10 Å². The van der Waals surface area contributed by atoms with E-state index in [1.165, 1.54) is 5.57 Å². The molecule has 0 aliphatic rings. The van der Waals surface area contributed by atoms with E-state index in [9.17, 15) is 0 Å². The fourth-order valence-electron chi connectivity index (χ4n) is 2.16. The molecule has 0 bridgehead atoms. The van der Waals surface area contributed by atoms with Gasteiger partial charge < -0.3 is 5.32 Å². The van der Waals surface area contributed by atoms with Crippen LogP contribution >= 0.6 is 11.6 Å². The molecule has 0 amide bonds. The van der Waals surface area contributed by atoms with Crippen molar-refractivity contribution >= 4 is 28.7 Å². The zero-order chi connectivity index (χ0) is 15.8. The number of fused-ring (bicyclic) bond motifs is 1. The van der Waals surface area contributed by atoms with Crippen LogP contribution in [0.3, 0.4) is 0 Å². The lowest BCUT2D eigenvalue weighted by atomic mass is 10.1. The number of nitrogens with zero attached hydrogens (tertiary/aromatic N) is 3. The van der Waals surface area contributed by atoms with E-state index in [2.05, 4.69) is 55.2 Å². The Balaban J connectivity index is 2.33. The van der Waals surface area contributed by atoms with Crippen molar-refractivity contribution < 1.29 is 0 Å². The number of hydrogen-bond acceptors (Lipinski definition) is 3. The molecule has 2 rings (SSSR count). The molecule has 0 unspecified atom stereocenters. The van der Waals surface area contributed by atoms with Crippen molar-refractivity contribution in [3.8, 4) is 0 Å². The standard InChI is InChI=1S/C16H23ClN4/c1-10(9-18-16(3,4)5)7-12-8-13-11(2)20-21(6)15(13)19-14(12)17/h7-8,18H,9H2,1-6H3. The lowest BCUT2D eigenvalue weighted by Gasteiger charge is -2.20. The fraction of sp³-hybridized carbons (Fsp3) is 0.500. The molecule has 0 spiro atoms. The molecule has 0 aromatic carbocycles. The minimum absolute atomic E-state index is 0.0983. The van der Waals surface area contributed by atoms with Crippen LogP contribution in [0.25, 0.3) is 17.1 Å². The van der Waals surface area contributed by atoms with E-state index >= 15 is 0 Å². The van der Waals surface area contributed by atoms with E-state index in [1.54, 1.807) is 4.68 Å². The minimum atomic E-state index is 0.0983. The lowest BCUT2D eigenvalue weighted by molar-refractivity contribution is 0.445. The van der Waals surface area contributed by atoms with Crippen LogP contribution in [0.1, 0.15) is 39.0 Å². The molecule has 4 nitrogen and oxygen atoms in total. The van der Waals surface area contributed by atoms with Gasteiger partial charge >= 0.3 is 0 Å². The van der Waals surface area contributed by atoms with Crippen molar-refractivity contribution in [2.24, 2.45) is 7.05 Å². The SMILES string of the molecule is CC(=Cc1cc2c(C)nn(C)c2nc1Cl)CNC(C)(C)C. The number of rotatable bonds is 3. The molecule has 1 N–H and O–H groups in total. The Labute approximate surface area is 131 Å². The summed E-state index contributed by atoms with van der Waals surface area (Å²) in [6, 6.07) is 2.06. The summed E-state index contributed by atoms with van der Waals surface area (Å²) in [5.41, 5.74) is 4.04. The Kier molecular flexibility index (Phi) is 4.40. The summed E-state index contributed by atoms with van der Waals surface area (Å²) >= 11 is 6.30. The van der Waals surface area contributed by atoms with Gasteiger partial charge in [0.2, 0.25) is 0 Å². The first-order valence-electron chi connectivity index (χ1n) is 7.09. The molecule has 0 radical (unpaired) electrons. The zero-order valence-corrected chi connectivity index (χ0v) is 14.3. The molecule has 0 saturated carbocycles. The molecule has 5 heteroatoms. The molecule has 2 heterocycles. The van der Waals surface area contributed by atoms with Gasteiger partial charge in [-0.3, -0.25) is 4.68 Å². The van der Waals surface area contributed by atoms with Crippen LogP contribution in [0.4, 0.5) is 0 Å². The van der Waals surface area contributed by atoms with Crippen LogP contribution in [0, 0.1) is 6.92 Å². The van der Waals surface area contributed by atoms with Gasteiger partial charge in [0.25, 0.3) is 0 Å². The van der Waals surface area contributed by atoms with Crippen molar-refractivity contribution in [2.75, 3.05) is 6.54 Å². The molecule has 114 valence electrons. The van der Waals surface area contributed by atoms with Crippen LogP contribution < -0.4 is 5.32 Å². The summed E-state index contributed by atoms with van der Waals surface area (Å²) in [7, 11) is 1.88. The predicted molar refractivity (Wildman–Crippen MR) is 89.7 cm³/mol. The molecule has 21 heavy (non-hydrogen) atoms. The smallest absolute Gasteiger partial charge is 0.159 e. The van der Waals surface area contributed by atoms with E-state index in [0.717, 1.165) is 28.8 Å². The first-order chi connectivity index (χ1) is 9.67. The van der Waals surface area contributed by atoms with Crippen molar-refractivity contribution in [1.29, 1.82) is 0 Å². The van der Waals surface area contributed by atoms with Crippen LogP contribution in [0.2, 0.25) is 5.15 Å². The second kappa shape index (κ2) is 5.78. The minimum Gasteiger partial charge on any atom is -0.308 e. The summed E-state index contributed by atoms with van der Waals surface area (Å²) in [5.74, 6) is 0. The molecule has 2 aromatic rings. The molecule has 0 saturated heterocycles. The highest BCUT2D eigenvalue weighted by Crippen LogP contribution is 2.24. The average molecular weight is 307 g/mol. The van der Waals surface area contributed by atoms with Gasteiger partial charge in [-0.05, 0) is 40.7 Å². The maximum Gasteiger partial charge on any atom is 0.159 e. The third kappa shape index (κ3) is 3.83. The Morgan fingerprint density at radius 1 is 1.43 bits per heavy atom. The molecule has 2 aromatic heterocycles. The second-order valence-corrected chi connectivity index (χ2v) is 6.90. The van der Waals surface area contributed by atoms with Crippen molar-refractivity contribution in [2.45, 2.75) is 40.2 Å². The molecular formula is C16H23ClN4. The van der Waals surface area contributed by atoms with Crippen LogP contribution in [-0.4, -0.2) is 26.8 Å². The number of hydrogen-bond donors (Lipinski definition) is 1. The summed E-state index contributed by atoms with van der Waals surface area (Å²) in [5, 5.41) is 9.41. The normalized spacial score (nSPS) is 13.2. The van der Waals surface area contributed by atoms with Crippen LogP contribution in [0.15, 0.2) is 11.6 Å². The topological polar surface area (TPSA) is 42.7 Å². The summed E-state index contributed by atoms with van der Waals surface area (Å²) in [4.78, 5) is 4.46. The van der Waals surface area contributed by atoms with E-state index in [0.29, 0.717) is 5.15 Å². The Morgan fingerprint density at radius 2 is 2.10 bits per heavy atom. The van der Waals surface area contributed by atoms with Crippen molar-refractivity contribution in [1.82, 2.24) is 20.1 Å². The summed E-state index contributed by atoms with van der Waals surface area (Å²) in [6.45, 7) is 11.4. The Hall–Kier alpha value is -1.39. The van der Waals surface area contributed by atoms with Gasteiger partial charge in [-0.1, -0.05) is 23.3 Å². The van der Waals surface area contributed by atoms with Gasteiger partial charge in [0.1, 0.15) is 5.15 Å². The third-order valence-corrected chi connectivity index (χ3v) is 3.58. The highest BCUT2D eigenvalue weighted by atomic mass is 35.5. The Morgan fingerprint density at radius 3 is 2.71 bits per heavy atom. The highest BCUT2D eigenvalue weighted by molar-refractivity contribution is 6.31. The molecular weight excluding hydrogens is 284 g/mol. The first kappa shape index (κ1) is 16.0. The van der Waals surface area contributed by atoms with E-state index in [-0.39, 0.29) is 5.54 Å². The van der Waals surface area contributed by atoms with Crippen LogP contribution in [-0.2, 0) is 7.05 Å². The number of aryl methyl sites for hydroxylation is 2. The maximum absolute atomic E-state index is 6.30.